The molecule has 0 radical (unpaired) electrons. The molecule has 0 saturated carbocycles. The molecular weight excluding hydrogens is 324 g/mol. The number of benzene rings is 1. The SMILES string of the molecule is C/C=C(/C)C#Cc1ncc(-c2ccc(NC(=O)c3ccccn3)cc2)[nH]1. The molecule has 1 amide bonds. The summed E-state index contributed by atoms with van der Waals surface area (Å²) >= 11 is 0. The third-order valence-electron chi connectivity index (χ3n) is 3.74. The van der Waals surface area contributed by atoms with Gasteiger partial charge in [0.1, 0.15) is 5.69 Å². The minimum atomic E-state index is -0.239. The number of carbonyl (C=O) groups excluding carboxylic acids is 1. The molecule has 5 heteroatoms. The number of aromatic amines is 1. The Morgan fingerprint density at radius 3 is 2.65 bits per heavy atom. The summed E-state index contributed by atoms with van der Waals surface area (Å²) in [5, 5.41) is 2.83. The van der Waals surface area contributed by atoms with E-state index in [0.29, 0.717) is 17.2 Å². The van der Waals surface area contributed by atoms with E-state index >= 15 is 0 Å². The first-order chi connectivity index (χ1) is 12.7. The van der Waals surface area contributed by atoms with E-state index in [4.69, 9.17) is 0 Å². The second-order valence-electron chi connectivity index (χ2n) is 5.61. The van der Waals surface area contributed by atoms with E-state index in [0.717, 1.165) is 16.8 Å². The number of anilines is 1. The maximum absolute atomic E-state index is 12.1. The average molecular weight is 342 g/mol. The van der Waals surface area contributed by atoms with Crippen LogP contribution in [-0.2, 0) is 0 Å². The van der Waals surface area contributed by atoms with Gasteiger partial charge in [0.15, 0.2) is 5.82 Å². The van der Waals surface area contributed by atoms with Crippen molar-refractivity contribution in [2.24, 2.45) is 0 Å². The normalized spacial score (nSPS) is 10.8. The van der Waals surface area contributed by atoms with Gasteiger partial charge in [-0.05, 0) is 55.2 Å². The first-order valence-corrected chi connectivity index (χ1v) is 8.18. The average Bonchev–Trinajstić information content (AvgIpc) is 3.16. The van der Waals surface area contributed by atoms with Gasteiger partial charge in [0.2, 0.25) is 0 Å². The van der Waals surface area contributed by atoms with Crippen LogP contribution in [0, 0.1) is 11.8 Å². The first-order valence-electron chi connectivity index (χ1n) is 8.18. The van der Waals surface area contributed by atoms with Crippen LogP contribution in [0.3, 0.4) is 0 Å². The standard InChI is InChI=1S/C21H18N4O/c1-3-15(2)7-12-20-23-14-19(25-20)16-8-10-17(11-9-16)24-21(26)18-6-4-5-13-22-18/h3-6,8-11,13-14H,1-2H3,(H,23,25)(H,24,26)/b15-3-. The Morgan fingerprint density at radius 2 is 1.96 bits per heavy atom. The molecule has 0 saturated heterocycles. The van der Waals surface area contributed by atoms with Gasteiger partial charge >= 0.3 is 0 Å². The quantitative estimate of drug-likeness (QED) is 0.706. The van der Waals surface area contributed by atoms with Gasteiger partial charge in [-0.3, -0.25) is 9.78 Å². The topological polar surface area (TPSA) is 70.7 Å². The highest BCUT2D eigenvalue weighted by molar-refractivity contribution is 6.02. The van der Waals surface area contributed by atoms with Crippen LogP contribution in [0.4, 0.5) is 5.69 Å². The molecule has 5 nitrogen and oxygen atoms in total. The summed E-state index contributed by atoms with van der Waals surface area (Å²) in [5.74, 6) is 6.40. The Balaban J connectivity index is 1.71. The predicted octanol–water partition coefficient (Wildman–Crippen LogP) is 4.04. The summed E-state index contributed by atoms with van der Waals surface area (Å²) in [4.78, 5) is 23.6. The number of amides is 1. The Bertz CT molecular complexity index is 990. The van der Waals surface area contributed by atoms with Crippen molar-refractivity contribution in [2.75, 3.05) is 5.32 Å². The van der Waals surface area contributed by atoms with Gasteiger partial charge < -0.3 is 10.3 Å². The summed E-state index contributed by atoms with van der Waals surface area (Å²) in [6.07, 6.45) is 5.29. The molecular formula is C21H18N4O. The van der Waals surface area contributed by atoms with Gasteiger partial charge in [0.25, 0.3) is 5.91 Å². The van der Waals surface area contributed by atoms with Crippen LogP contribution in [0.15, 0.2) is 66.5 Å². The van der Waals surface area contributed by atoms with E-state index in [2.05, 4.69) is 32.1 Å². The van der Waals surface area contributed by atoms with Crippen LogP contribution in [0.25, 0.3) is 11.3 Å². The van der Waals surface area contributed by atoms with Crippen molar-refractivity contribution in [1.82, 2.24) is 15.0 Å². The summed E-state index contributed by atoms with van der Waals surface area (Å²) in [5.41, 5.74) is 3.91. The zero-order valence-electron chi connectivity index (χ0n) is 14.6. The van der Waals surface area contributed by atoms with Crippen LogP contribution in [0.2, 0.25) is 0 Å². The molecule has 128 valence electrons. The molecule has 2 N–H and O–H groups in total. The second kappa shape index (κ2) is 7.95. The van der Waals surface area contributed by atoms with Crippen molar-refractivity contribution in [3.05, 3.63) is 78.0 Å². The van der Waals surface area contributed by atoms with Crippen molar-refractivity contribution in [2.45, 2.75) is 13.8 Å². The number of aromatic nitrogens is 3. The number of nitrogens with one attached hydrogen (secondary N) is 2. The molecule has 0 bridgehead atoms. The predicted molar refractivity (Wildman–Crippen MR) is 103 cm³/mol. The van der Waals surface area contributed by atoms with E-state index in [1.54, 1.807) is 30.6 Å². The molecule has 0 unspecified atom stereocenters. The maximum Gasteiger partial charge on any atom is 0.274 e. The highest BCUT2D eigenvalue weighted by Gasteiger charge is 2.07. The minimum absolute atomic E-state index is 0.239. The van der Waals surface area contributed by atoms with E-state index in [1.165, 1.54) is 0 Å². The number of allylic oxidation sites excluding steroid dienone is 2. The number of nitrogens with zero attached hydrogens (tertiary/aromatic N) is 2. The summed E-state index contributed by atoms with van der Waals surface area (Å²) in [7, 11) is 0. The molecule has 2 aromatic heterocycles. The van der Waals surface area contributed by atoms with E-state index < -0.39 is 0 Å². The van der Waals surface area contributed by atoms with Gasteiger partial charge in [0.05, 0.1) is 11.9 Å². The van der Waals surface area contributed by atoms with Crippen LogP contribution >= 0.6 is 0 Å². The number of hydrogen-bond acceptors (Lipinski definition) is 3. The molecule has 3 rings (SSSR count). The lowest BCUT2D eigenvalue weighted by Gasteiger charge is -2.05. The van der Waals surface area contributed by atoms with Crippen molar-refractivity contribution in [3.63, 3.8) is 0 Å². The Hall–Kier alpha value is -3.65. The number of carbonyl (C=O) groups is 1. The van der Waals surface area contributed by atoms with Crippen LogP contribution < -0.4 is 5.32 Å². The number of hydrogen-bond donors (Lipinski definition) is 2. The summed E-state index contributed by atoms with van der Waals surface area (Å²) < 4.78 is 0. The number of H-pyrrole nitrogens is 1. The smallest absolute Gasteiger partial charge is 0.274 e. The van der Waals surface area contributed by atoms with Gasteiger partial charge in [0, 0.05) is 11.9 Å². The minimum Gasteiger partial charge on any atom is -0.331 e. The largest absolute Gasteiger partial charge is 0.331 e. The Kier molecular flexibility index (Phi) is 5.25. The van der Waals surface area contributed by atoms with Gasteiger partial charge in [-0.1, -0.05) is 30.2 Å². The number of rotatable bonds is 3. The van der Waals surface area contributed by atoms with Gasteiger partial charge in [-0.15, -0.1) is 0 Å². The molecule has 0 fully saturated rings. The van der Waals surface area contributed by atoms with Crippen molar-refractivity contribution in [3.8, 4) is 23.1 Å². The van der Waals surface area contributed by atoms with Gasteiger partial charge in [-0.25, -0.2) is 4.98 Å². The fourth-order valence-corrected chi connectivity index (χ4v) is 2.19. The van der Waals surface area contributed by atoms with Crippen LogP contribution in [0.5, 0.6) is 0 Å². The Labute approximate surface area is 152 Å². The van der Waals surface area contributed by atoms with Gasteiger partial charge in [-0.2, -0.15) is 0 Å². The summed E-state index contributed by atoms with van der Waals surface area (Å²) in [6, 6.07) is 12.7. The second-order valence-corrected chi connectivity index (χ2v) is 5.61. The fourth-order valence-electron chi connectivity index (χ4n) is 2.19. The maximum atomic E-state index is 12.1. The molecule has 0 aliphatic heterocycles. The van der Waals surface area contributed by atoms with E-state index in [9.17, 15) is 4.79 Å². The zero-order valence-corrected chi connectivity index (χ0v) is 14.6. The van der Waals surface area contributed by atoms with E-state index in [1.807, 2.05) is 44.2 Å². The third kappa shape index (κ3) is 4.25. The number of pyridine rings is 1. The van der Waals surface area contributed by atoms with E-state index in [-0.39, 0.29) is 5.91 Å². The highest BCUT2D eigenvalue weighted by Crippen LogP contribution is 2.20. The van der Waals surface area contributed by atoms with Crippen LogP contribution in [-0.4, -0.2) is 20.9 Å². The van der Waals surface area contributed by atoms with Crippen molar-refractivity contribution >= 4 is 11.6 Å². The summed E-state index contributed by atoms with van der Waals surface area (Å²) in [6.45, 7) is 3.90. The molecule has 0 aliphatic carbocycles. The van der Waals surface area contributed by atoms with Crippen molar-refractivity contribution in [1.29, 1.82) is 0 Å². The molecule has 3 aromatic rings. The molecule has 1 aromatic carbocycles. The first kappa shape index (κ1) is 17.2. The zero-order chi connectivity index (χ0) is 18.4. The molecule has 0 aliphatic rings. The highest BCUT2D eigenvalue weighted by atomic mass is 16.1. The monoisotopic (exact) mass is 342 g/mol. The molecule has 0 atom stereocenters. The lowest BCUT2D eigenvalue weighted by molar-refractivity contribution is 0.102. The lowest BCUT2D eigenvalue weighted by Crippen LogP contribution is -2.13. The Morgan fingerprint density at radius 1 is 1.15 bits per heavy atom. The number of imidazole rings is 1. The molecule has 2 heterocycles. The lowest BCUT2D eigenvalue weighted by atomic mass is 10.1. The van der Waals surface area contributed by atoms with Crippen molar-refractivity contribution < 1.29 is 4.79 Å². The molecule has 26 heavy (non-hydrogen) atoms. The van der Waals surface area contributed by atoms with Crippen LogP contribution in [0.1, 0.15) is 30.2 Å². The fraction of sp³-hybridized carbons (Fsp3) is 0.0952. The molecule has 0 spiro atoms. The third-order valence-corrected chi connectivity index (χ3v) is 3.74.